The molecule has 0 spiro atoms. The first-order valence-electron chi connectivity index (χ1n) is 4.04. The van der Waals surface area contributed by atoms with Crippen molar-refractivity contribution in [1.82, 2.24) is 4.72 Å². The van der Waals surface area contributed by atoms with E-state index in [0.717, 1.165) is 22.1 Å². The van der Waals surface area contributed by atoms with Crippen molar-refractivity contribution < 1.29 is 22.7 Å². The summed E-state index contributed by atoms with van der Waals surface area (Å²) in [6, 6.07) is -1.36. The lowest BCUT2D eigenvalue weighted by Gasteiger charge is -2.08. The zero-order valence-corrected chi connectivity index (χ0v) is 10.7. The number of carbonyl (C=O) groups is 1. The van der Waals surface area contributed by atoms with Crippen LogP contribution in [-0.2, 0) is 14.8 Å². The summed E-state index contributed by atoms with van der Waals surface area (Å²) in [4.78, 5) is 9.83. The van der Waals surface area contributed by atoms with Gasteiger partial charge in [-0.1, -0.05) is 0 Å². The number of aliphatic carboxylic acids is 1. The molecule has 0 aliphatic carbocycles. The number of hydrogen-bond donors (Lipinski definition) is 3. The Kier molecular flexibility index (Phi) is 5.99. The van der Waals surface area contributed by atoms with Gasteiger partial charge in [-0.05, 0) is 0 Å². The van der Waals surface area contributed by atoms with E-state index in [1.165, 1.54) is 0 Å². The van der Waals surface area contributed by atoms with Crippen molar-refractivity contribution in [3.63, 3.8) is 0 Å². The molecule has 17 heavy (non-hydrogen) atoms. The Bertz CT molecular complexity index is 490. The quantitative estimate of drug-likeness (QED) is 0.709. The van der Waals surface area contributed by atoms with Gasteiger partial charge in [0.05, 0.1) is 0 Å². The lowest BCUT2D eigenvalue weighted by atomic mass is 10.3. The minimum atomic E-state index is -4.03. The second-order valence-corrected chi connectivity index (χ2v) is 5.36. The van der Waals surface area contributed by atoms with E-state index in [1.54, 1.807) is 0 Å². The predicted molar refractivity (Wildman–Crippen MR) is 62.3 cm³/mol. The number of nitrogens with one attached hydrogen (secondary N) is 1. The summed E-state index contributed by atoms with van der Waals surface area (Å²) in [6.07, 6.45) is 0. The van der Waals surface area contributed by atoms with Crippen molar-refractivity contribution in [2.24, 2.45) is 5.73 Å². The number of hydrogen-bond acceptors (Lipinski definition) is 5. The number of thiophene rings is 1. The molecule has 1 heterocycles. The van der Waals surface area contributed by atoms with Gasteiger partial charge in [-0.2, -0.15) is 0 Å². The number of nitrogens with two attached hydrogens (primary N) is 1. The lowest BCUT2D eigenvalue weighted by molar-refractivity contribution is -0.138. The minimum Gasteiger partial charge on any atom is -0.480 e. The van der Waals surface area contributed by atoms with E-state index in [0.29, 0.717) is 0 Å². The highest BCUT2D eigenvalue weighted by molar-refractivity contribution is 7.89. The van der Waals surface area contributed by atoms with Crippen molar-refractivity contribution in [1.29, 1.82) is 0 Å². The van der Waals surface area contributed by atoms with Crippen LogP contribution in [0.3, 0.4) is 0 Å². The Labute approximate surface area is 107 Å². The molecule has 6 nitrogen and oxygen atoms in total. The van der Waals surface area contributed by atoms with E-state index in [2.05, 4.69) is 0 Å². The number of carboxylic acid groups (broad SMARTS) is 1. The average molecular weight is 305 g/mol. The van der Waals surface area contributed by atoms with Crippen LogP contribution in [0.1, 0.15) is 0 Å². The molecule has 0 fully saturated rings. The fourth-order valence-corrected chi connectivity index (χ4v) is 2.99. The molecule has 1 aromatic heterocycles. The van der Waals surface area contributed by atoms with E-state index in [-0.39, 0.29) is 12.4 Å². The van der Waals surface area contributed by atoms with Crippen LogP contribution in [0.15, 0.2) is 15.7 Å². The molecule has 1 aromatic rings. The van der Waals surface area contributed by atoms with E-state index in [4.69, 9.17) is 10.8 Å². The largest absolute Gasteiger partial charge is 0.480 e. The Morgan fingerprint density at radius 1 is 1.59 bits per heavy atom. The normalized spacial score (nSPS) is 12.8. The fourth-order valence-electron chi connectivity index (χ4n) is 0.826. The summed E-state index contributed by atoms with van der Waals surface area (Å²) in [5, 5.41) is 10.6. The Morgan fingerprint density at radius 3 is 2.59 bits per heavy atom. The van der Waals surface area contributed by atoms with Gasteiger partial charge >= 0.3 is 5.97 Å². The Balaban J connectivity index is 0.00000256. The Morgan fingerprint density at radius 2 is 2.18 bits per heavy atom. The topological polar surface area (TPSA) is 109 Å². The maximum absolute atomic E-state index is 13.0. The van der Waals surface area contributed by atoms with Gasteiger partial charge in [0, 0.05) is 17.3 Å². The smallest absolute Gasteiger partial charge is 0.321 e. The third-order valence-corrected chi connectivity index (χ3v) is 3.98. The van der Waals surface area contributed by atoms with Gasteiger partial charge in [0.15, 0.2) is 5.82 Å². The molecule has 0 saturated carbocycles. The van der Waals surface area contributed by atoms with Crippen LogP contribution >= 0.6 is 23.7 Å². The van der Waals surface area contributed by atoms with Crippen LogP contribution in [0.2, 0.25) is 0 Å². The molecule has 0 aliphatic heterocycles. The lowest BCUT2D eigenvalue weighted by Crippen LogP contribution is -2.42. The molecule has 1 rings (SSSR count). The molecule has 0 radical (unpaired) electrons. The molecule has 0 saturated heterocycles. The number of halogens is 2. The third-order valence-electron chi connectivity index (χ3n) is 1.68. The van der Waals surface area contributed by atoms with Crippen molar-refractivity contribution in [3.05, 3.63) is 16.6 Å². The highest BCUT2D eigenvalue weighted by atomic mass is 35.5. The molecule has 0 amide bonds. The van der Waals surface area contributed by atoms with Crippen molar-refractivity contribution in [2.45, 2.75) is 10.9 Å². The van der Waals surface area contributed by atoms with Crippen LogP contribution in [0.4, 0.5) is 4.39 Å². The van der Waals surface area contributed by atoms with Crippen LogP contribution in [-0.4, -0.2) is 32.1 Å². The summed E-state index contributed by atoms with van der Waals surface area (Å²) in [7, 11) is -4.03. The first kappa shape index (κ1) is 16.3. The fraction of sp³-hybridized carbons (Fsp3) is 0.286. The van der Waals surface area contributed by atoms with Crippen LogP contribution in [0.5, 0.6) is 0 Å². The number of sulfonamides is 1. The zero-order valence-electron chi connectivity index (χ0n) is 8.29. The van der Waals surface area contributed by atoms with Gasteiger partial charge in [-0.3, -0.25) is 4.79 Å². The average Bonchev–Trinajstić information content (AvgIpc) is 2.61. The highest BCUT2D eigenvalue weighted by Crippen LogP contribution is 2.18. The summed E-state index contributed by atoms with van der Waals surface area (Å²) in [5.41, 5.74) is 5.10. The van der Waals surface area contributed by atoms with Crippen LogP contribution in [0.25, 0.3) is 0 Å². The first-order valence-corrected chi connectivity index (χ1v) is 6.47. The van der Waals surface area contributed by atoms with Crippen LogP contribution < -0.4 is 10.5 Å². The minimum absolute atomic E-state index is 0. The molecule has 1 atom stereocenters. The summed E-state index contributed by atoms with van der Waals surface area (Å²) in [5.74, 6) is -2.21. The van der Waals surface area contributed by atoms with Gasteiger partial charge in [-0.15, -0.1) is 23.7 Å². The zero-order chi connectivity index (χ0) is 12.3. The number of carboxylic acids is 1. The molecular formula is C7H10ClFN2O4S2. The maximum Gasteiger partial charge on any atom is 0.321 e. The van der Waals surface area contributed by atoms with Crippen molar-refractivity contribution in [3.8, 4) is 0 Å². The van der Waals surface area contributed by atoms with E-state index in [1.807, 2.05) is 4.72 Å². The van der Waals surface area contributed by atoms with E-state index in [9.17, 15) is 17.6 Å². The monoisotopic (exact) mass is 304 g/mol. The van der Waals surface area contributed by atoms with Gasteiger partial charge in [0.25, 0.3) is 0 Å². The summed E-state index contributed by atoms with van der Waals surface area (Å²) in [6.45, 7) is -0.493. The van der Waals surface area contributed by atoms with Gasteiger partial charge in [-0.25, -0.2) is 17.5 Å². The predicted octanol–water partition coefficient (Wildman–Crippen LogP) is -0.000800. The molecule has 1 unspecified atom stereocenters. The van der Waals surface area contributed by atoms with E-state index >= 15 is 0 Å². The van der Waals surface area contributed by atoms with E-state index < -0.39 is 39.3 Å². The summed E-state index contributed by atoms with van der Waals surface area (Å²) < 4.78 is 37.8. The SMILES string of the molecule is Cl.NC(CNS(=O)(=O)c1cscc1F)C(=O)O. The molecule has 10 heteroatoms. The second-order valence-electron chi connectivity index (χ2n) is 2.88. The summed E-state index contributed by atoms with van der Waals surface area (Å²) >= 11 is 0.892. The highest BCUT2D eigenvalue weighted by Gasteiger charge is 2.22. The van der Waals surface area contributed by atoms with Crippen molar-refractivity contribution in [2.75, 3.05) is 6.54 Å². The van der Waals surface area contributed by atoms with Gasteiger partial charge in [0.1, 0.15) is 10.9 Å². The maximum atomic E-state index is 13.0. The van der Waals surface area contributed by atoms with Crippen LogP contribution in [0, 0.1) is 5.82 Å². The van der Waals surface area contributed by atoms with Crippen molar-refractivity contribution >= 4 is 39.7 Å². The number of rotatable bonds is 5. The second kappa shape index (κ2) is 6.26. The first-order chi connectivity index (χ1) is 7.34. The molecular weight excluding hydrogens is 295 g/mol. The molecule has 0 aromatic carbocycles. The van der Waals surface area contributed by atoms with Gasteiger partial charge in [0.2, 0.25) is 10.0 Å². The Hall–Kier alpha value is -0.740. The third kappa shape index (κ3) is 4.21. The molecule has 0 bridgehead atoms. The standard InChI is InChI=1S/C7H9FN2O4S2.ClH/c8-4-2-15-3-6(4)16(13,14)10-1-5(9)7(11)12;/h2-3,5,10H,1,9H2,(H,11,12);1H. The molecule has 98 valence electrons. The van der Waals surface area contributed by atoms with Gasteiger partial charge < -0.3 is 10.8 Å². The molecule has 0 aliphatic rings. The molecule has 4 N–H and O–H groups in total.